The lowest BCUT2D eigenvalue weighted by atomic mass is 10.1. The van der Waals surface area contributed by atoms with Crippen LogP contribution in [0.4, 0.5) is 5.69 Å². The molecule has 0 bridgehead atoms. The van der Waals surface area contributed by atoms with E-state index < -0.39 is 18.8 Å². The van der Waals surface area contributed by atoms with Gasteiger partial charge in [-0.25, -0.2) is 9.78 Å². The summed E-state index contributed by atoms with van der Waals surface area (Å²) >= 11 is 1.40. The fourth-order valence-electron chi connectivity index (χ4n) is 3.00. The second-order valence-corrected chi connectivity index (χ2v) is 7.01. The number of nitrogens with zero attached hydrogens (tertiary/aromatic N) is 3. The number of anilines is 1. The molecule has 10 heteroatoms. The number of hydrogen-bond acceptors (Lipinski definition) is 9. The maximum Gasteiger partial charge on any atom is 0.341 e. The van der Waals surface area contributed by atoms with Crippen LogP contribution in [-0.2, 0) is 4.79 Å². The molecule has 9 nitrogen and oxygen atoms in total. The van der Waals surface area contributed by atoms with Crippen LogP contribution in [0.2, 0.25) is 0 Å². The second kappa shape index (κ2) is 8.46. The number of nitrogens with one attached hydrogen (secondary N) is 1. The van der Waals surface area contributed by atoms with Crippen LogP contribution in [0.3, 0.4) is 0 Å². The van der Waals surface area contributed by atoms with E-state index in [1.165, 1.54) is 18.9 Å². The molecule has 2 N–H and O–H groups in total. The van der Waals surface area contributed by atoms with Gasteiger partial charge in [0.15, 0.2) is 24.3 Å². The van der Waals surface area contributed by atoms with Crippen LogP contribution in [0.25, 0.3) is 11.3 Å². The van der Waals surface area contributed by atoms with Crippen molar-refractivity contribution in [1.82, 2.24) is 15.2 Å². The van der Waals surface area contributed by atoms with Crippen molar-refractivity contribution in [1.29, 1.82) is 0 Å². The zero-order valence-electron chi connectivity index (χ0n) is 16.2. The highest BCUT2D eigenvalue weighted by Gasteiger charge is 2.26. The van der Waals surface area contributed by atoms with E-state index in [1.54, 1.807) is 18.2 Å². The number of rotatable bonds is 6. The van der Waals surface area contributed by atoms with Crippen molar-refractivity contribution in [3.05, 3.63) is 48.0 Å². The molecule has 154 valence electrons. The third-order valence-corrected chi connectivity index (χ3v) is 4.90. The predicted octanol–water partition coefficient (Wildman–Crippen LogP) is 3.24. The molecule has 3 aromatic rings. The van der Waals surface area contributed by atoms with E-state index in [0.717, 1.165) is 16.8 Å². The number of hydrogen-bond donors (Lipinski definition) is 2. The average molecular weight is 426 g/mol. The molecule has 0 fully saturated rings. The lowest BCUT2D eigenvalue weighted by Crippen LogP contribution is -2.17. The van der Waals surface area contributed by atoms with Crippen molar-refractivity contribution >= 4 is 23.4 Å². The number of ether oxygens (including phenoxy) is 3. The molecule has 0 radical (unpaired) electrons. The number of thioether (sulfide) groups is 1. The monoisotopic (exact) mass is 426 g/mol. The predicted molar refractivity (Wildman–Crippen MR) is 110 cm³/mol. The molecule has 0 saturated carbocycles. The Bertz CT molecular complexity index is 1090. The van der Waals surface area contributed by atoms with Gasteiger partial charge in [-0.2, -0.15) is 0 Å². The quantitative estimate of drug-likeness (QED) is 0.569. The van der Waals surface area contributed by atoms with Crippen molar-refractivity contribution in [3.63, 3.8) is 0 Å². The molecular weight excluding hydrogens is 408 g/mol. The highest BCUT2D eigenvalue weighted by atomic mass is 32.2. The van der Waals surface area contributed by atoms with Gasteiger partial charge in [-0.3, -0.25) is 0 Å². The lowest BCUT2D eigenvalue weighted by Gasteiger charge is -2.20. The largest absolute Gasteiger partial charge is 0.493 e. The van der Waals surface area contributed by atoms with E-state index in [0.29, 0.717) is 28.2 Å². The topological polar surface area (TPSA) is 116 Å². The Morgan fingerprint density at radius 2 is 2.07 bits per heavy atom. The summed E-state index contributed by atoms with van der Waals surface area (Å²) in [6.07, 6.45) is 1.28. The van der Waals surface area contributed by atoms with Crippen LogP contribution in [0, 0.1) is 0 Å². The lowest BCUT2D eigenvalue weighted by molar-refractivity contribution is -0.139. The van der Waals surface area contributed by atoms with Gasteiger partial charge in [0.25, 0.3) is 5.88 Å². The smallest absolute Gasteiger partial charge is 0.341 e. The minimum absolute atomic E-state index is 0.306. The van der Waals surface area contributed by atoms with Gasteiger partial charge in [0.2, 0.25) is 5.16 Å². The Kier molecular flexibility index (Phi) is 5.57. The molecule has 0 saturated heterocycles. The number of benzene rings is 2. The van der Waals surface area contributed by atoms with Crippen molar-refractivity contribution in [2.24, 2.45) is 0 Å². The molecule has 4 rings (SSSR count). The number of methoxy groups -OCH3 is 1. The van der Waals surface area contributed by atoms with Gasteiger partial charge in [0.1, 0.15) is 5.69 Å². The second-order valence-electron chi connectivity index (χ2n) is 6.23. The fraction of sp³-hybridized carbons (Fsp3) is 0.200. The van der Waals surface area contributed by atoms with E-state index >= 15 is 0 Å². The Hall–Kier alpha value is -3.53. The van der Waals surface area contributed by atoms with E-state index in [9.17, 15) is 4.79 Å². The number of fused-ring (bicyclic) bond motifs is 3. The van der Waals surface area contributed by atoms with Gasteiger partial charge in [-0.05, 0) is 30.5 Å². The molecule has 2 heterocycles. The summed E-state index contributed by atoms with van der Waals surface area (Å²) in [6.45, 7) is -0.465. The highest BCUT2D eigenvalue weighted by molar-refractivity contribution is 7.98. The molecule has 0 spiro atoms. The summed E-state index contributed by atoms with van der Waals surface area (Å²) in [7, 11) is 1.48. The number of aliphatic carboxylic acids is 1. The van der Waals surface area contributed by atoms with Crippen LogP contribution in [-0.4, -0.2) is 46.2 Å². The molecule has 1 aromatic heterocycles. The zero-order valence-corrected chi connectivity index (χ0v) is 17.0. The summed E-state index contributed by atoms with van der Waals surface area (Å²) in [5.41, 5.74) is 3.02. The van der Waals surface area contributed by atoms with Gasteiger partial charge < -0.3 is 24.6 Å². The van der Waals surface area contributed by atoms with Crippen LogP contribution in [0.15, 0.2) is 47.6 Å². The minimum atomic E-state index is -1.07. The van der Waals surface area contributed by atoms with Gasteiger partial charge in [0.05, 0.1) is 7.11 Å². The first kappa shape index (κ1) is 19.8. The Morgan fingerprint density at radius 1 is 1.23 bits per heavy atom. The van der Waals surface area contributed by atoms with Crippen molar-refractivity contribution in [3.8, 4) is 28.6 Å². The molecule has 1 aliphatic rings. The summed E-state index contributed by atoms with van der Waals surface area (Å²) in [4.78, 5) is 15.4. The van der Waals surface area contributed by atoms with E-state index in [2.05, 4.69) is 20.5 Å². The summed E-state index contributed by atoms with van der Waals surface area (Å²) in [5, 5.41) is 21.0. The Morgan fingerprint density at radius 3 is 2.83 bits per heavy atom. The molecule has 0 aliphatic carbocycles. The van der Waals surface area contributed by atoms with E-state index in [-0.39, 0.29) is 0 Å². The van der Waals surface area contributed by atoms with E-state index in [4.69, 9.17) is 19.3 Å². The fourth-order valence-corrected chi connectivity index (χ4v) is 3.30. The number of para-hydroxylation sites is 1. The van der Waals surface area contributed by atoms with Gasteiger partial charge in [-0.15, -0.1) is 10.2 Å². The van der Waals surface area contributed by atoms with Crippen LogP contribution in [0.5, 0.6) is 17.4 Å². The normalized spacial score (nSPS) is 14.4. The van der Waals surface area contributed by atoms with Gasteiger partial charge >= 0.3 is 5.97 Å². The first-order valence-corrected chi connectivity index (χ1v) is 10.2. The molecule has 1 atom stereocenters. The third kappa shape index (κ3) is 3.94. The van der Waals surface area contributed by atoms with Crippen LogP contribution < -0.4 is 19.5 Å². The molecule has 1 aliphatic heterocycles. The summed E-state index contributed by atoms with van der Waals surface area (Å²) in [6, 6.07) is 12.8. The zero-order chi connectivity index (χ0) is 21.1. The maximum atomic E-state index is 10.8. The van der Waals surface area contributed by atoms with Crippen molar-refractivity contribution < 1.29 is 24.1 Å². The van der Waals surface area contributed by atoms with Gasteiger partial charge in [-0.1, -0.05) is 30.0 Å². The SMILES string of the molecule is COc1cc(C2Nc3ccccc3-c3nc(SC)nnc3O2)ccc1OCC(=O)O. The molecule has 0 amide bonds. The van der Waals surface area contributed by atoms with Crippen molar-refractivity contribution in [2.45, 2.75) is 11.4 Å². The maximum absolute atomic E-state index is 10.8. The first-order chi connectivity index (χ1) is 14.6. The number of carbonyl (C=O) groups is 1. The third-order valence-electron chi connectivity index (χ3n) is 4.36. The molecule has 30 heavy (non-hydrogen) atoms. The van der Waals surface area contributed by atoms with Gasteiger partial charge in [0, 0.05) is 16.8 Å². The Labute approximate surface area is 176 Å². The minimum Gasteiger partial charge on any atom is -0.493 e. The summed E-state index contributed by atoms with van der Waals surface area (Å²) in [5.74, 6) is -0.0535. The number of aromatic nitrogens is 3. The molecular formula is C20H18N4O5S. The summed E-state index contributed by atoms with van der Waals surface area (Å²) < 4.78 is 16.8. The molecule has 1 unspecified atom stereocenters. The first-order valence-electron chi connectivity index (χ1n) is 8.93. The highest BCUT2D eigenvalue weighted by Crippen LogP contribution is 2.40. The molecule has 2 aromatic carbocycles. The average Bonchev–Trinajstić information content (AvgIpc) is 2.94. The van der Waals surface area contributed by atoms with Crippen LogP contribution >= 0.6 is 11.8 Å². The number of carboxylic acids is 1. The number of carboxylic acid groups (broad SMARTS) is 1. The Balaban J connectivity index is 1.73. The van der Waals surface area contributed by atoms with Crippen LogP contribution in [0.1, 0.15) is 11.8 Å². The van der Waals surface area contributed by atoms with Crippen molar-refractivity contribution in [2.75, 3.05) is 25.3 Å². The van der Waals surface area contributed by atoms with E-state index in [1.807, 2.05) is 30.5 Å². The standard InChI is InChI=1S/C20H18N4O5S/c1-27-15-9-11(7-8-14(15)28-10-16(25)26)18-21-13-6-4-3-5-12(13)17-19(29-18)23-24-20(22-17)30-2/h3-9,18,21H,10H2,1-2H3,(H,25,26).